The molecule has 0 saturated heterocycles. The number of benzene rings is 3. The molecule has 0 bridgehead atoms. The van der Waals surface area contributed by atoms with Crippen molar-refractivity contribution in [3.8, 4) is 11.5 Å². The van der Waals surface area contributed by atoms with Crippen molar-refractivity contribution < 1.29 is 14.4 Å². The largest absolute Gasteiger partial charge is 0.467 e. The Balaban J connectivity index is 1.53. The number of nitrogens with zero attached hydrogens (tertiary/aromatic N) is 2. The summed E-state index contributed by atoms with van der Waals surface area (Å²) >= 11 is 0. The van der Waals surface area contributed by atoms with Gasteiger partial charge in [0.05, 0.1) is 22.2 Å². The minimum absolute atomic E-state index is 0.0106. The van der Waals surface area contributed by atoms with E-state index < -0.39 is 10.6 Å². The van der Waals surface area contributed by atoms with Crippen LogP contribution in [0.5, 0.6) is 11.5 Å². The zero-order valence-electron chi connectivity index (χ0n) is 16.6. The fourth-order valence-corrected chi connectivity index (χ4v) is 4.70. The predicted octanol–water partition coefficient (Wildman–Crippen LogP) is 5.02. The van der Waals surface area contributed by atoms with E-state index in [1.54, 1.807) is 6.07 Å². The normalized spacial score (nSPS) is 22.8. The summed E-state index contributed by atoms with van der Waals surface area (Å²) in [6.07, 6.45) is 2.26. The summed E-state index contributed by atoms with van der Waals surface area (Å²) in [6.45, 7) is 0. The highest BCUT2D eigenvalue weighted by Crippen LogP contribution is 2.47. The Labute approximate surface area is 178 Å². The van der Waals surface area contributed by atoms with Crippen LogP contribution in [-0.4, -0.2) is 16.5 Å². The van der Waals surface area contributed by atoms with E-state index in [4.69, 9.17) is 14.5 Å². The number of aliphatic imine (C=N–C) groups is 1. The molecule has 3 heterocycles. The van der Waals surface area contributed by atoms with Crippen LogP contribution in [-0.2, 0) is 12.8 Å². The molecular weight excluding hydrogens is 394 g/mol. The molecule has 31 heavy (non-hydrogen) atoms. The highest BCUT2D eigenvalue weighted by atomic mass is 16.6. The van der Waals surface area contributed by atoms with Crippen LogP contribution in [0.4, 0.5) is 17.1 Å². The number of fused-ring (bicyclic) bond motifs is 5. The van der Waals surface area contributed by atoms with E-state index in [0.29, 0.717) is 23.7 Å². The van der Waals surface area contributed by atoms with Crippen molar-refractivity contribution in [1.82, 2.24) is 0 Å². The lowest BCUT2D eigenvalue weighted by Crippen LogP contribution is -2.57. The molecule has 6 rings (SSSR count). The zero-order valence-corrected chi connectivity index (χ0v) is 16.6. The zero-order chi connectivity index (χ0) is 21.0. The quantitative estimate of drug-likeness (QED) is 0.447. The Kier molecular flexibility index (Phi) is 3.80. The van der Waals surface area contributed by atoms with Gasteiger partial charge in [0.15, 0.2) is 5.72 Å². The van der Waals surface area contributed by atoms with Crippen molar-refractivity contribution in [3.63, 3.8) is 0 Å². The molecule has 2 unspecified atom stereocenters. The second-order valence-electron chi connectivity index (χ2n) is 8.10. The van der Waals surface area contributed by atoms with Gasteiger partial charge in [-0.2, -0.15) is 0 Å². The van der Waals surface area contributed by atoms with Crippen LogP contribution >= 0.6 is 0 Å². The van der Waals surface area contributed by atoms with Gasteiger partial charge in [0, 0.05) is 18.6 Å². The van der Waals surface area contributed by atoms with Gasteiger partial charge in [0.2, 0.25) is 5.90 Å². The van der Waals surface area contributed by atoms with Crippen LogP contribution in [0.1, 0.15) is 17.5 Å². The van der Waals surface area contributed by atoms with Crippen LogP contribution in [0, 0.1) is 16.0 Å². The van der Waals surface area contributed by atoms with Gasteiger partial charge in [-0.25, -0.2) is 4.99 Å². The fraction of sp³-hybridized carbons (Fsp3) is 0.208. The molecule has 0 radical (unpaired) electrons. The van der Waals surface area contributed by atoms with Gasteiger partial charge in [0.1, 0.15) is 11.5 Å². The molecule has 0 fully saturated rings. The van der Waals surface area contributed by atoms with E-state index in [2.05, 4.69) is 17.4 Å². The van der Waals surface area contributed by atoms with Crippen molar-refractivity contribution in [1.29, 1.82) is 0 Å². The Morgan fingerprint density at radius 3 is 2.65 bits per heavy atom. The van der Waals surface area contributed by atoms with E-state index in [9.17, 15) is 10.1 Å². The van der Waals surface area contributed by atoms with Crippen LogP contribution in [0.2, 0.25) is 0 Å². The summed E-state index contributed by atoms with van der Waals surface area (Å²) in [6, 6.07) is 20.6. The number of para-hydroxylation sites is 2. The second-order valence-corrected chi connectivity index (χ2v) is 8.10. The van der Waals surface area contributed by atoms with Gasteiger partial charge in [-0.15, -0.1) is 0 Å². The number of non-ortho nitro benzene ring substituents is 1. The number of aryl methyl sites for hydroxylation is 1. The molecule has 154 valence electrons. The molecule has 3 aromatic carbocycles. The molecular formula is C24H19N3O4. The molecule has 7 nitrogen and oxygen atoms in total. The van der Waals surface area contributed by atoms with Gasteiger partial charge < -0.3 is 14.8 Å². The molecule has 0 aliphatic carbocycles. The minimum Gasteiger partial charge on any atom is -0.467 e. The first-order valence-electron chi connectivity index (χ1n) is 10.3. The average Bonchev–Trinajstić information content (AvgIpc) is 2.91. The molecule has 2 atom stereocenters. The first-order chi connectivity index (χ1) is 15.1. The van der Waals surface area contributed by atoms with Crippen LogP contribution in [0.15, 0.2) is 71.7 Å². The number of nitro benzene ring substituents is 1. The van der Waals surface area contributed by atoms with Crippen molar-refractivity contribution in [2.24, 2.45) is 10.9 Å². The first-order valence-corrected chi connectivity index (χ1v) is 10.3. The molecule has 0 aromatic heterocycles. The lowest BCUT2D eigenvalue weighted by molar-refractivity contribution is -0.384. The van der Waals surface area contributed by atoms with Gasteiger partial charge in [-0.05, 0) is 42.2 Å². The molecule has 3 aliphatic heterocycles. The maximum Gasteiger partial charge on any atom is 0.271 e. The smallest absolute Gasteiger partial charge is 0.271 e. The molecule has 1 spiro atoms. The number of anilines is 1. The summed E-state index contributed by atoms with van der Waals surface area (Å²) in [4.78, 5) is 15.7. The standard InChI is InChI=1S/C24H19N3O4/c28-27(29)17-9-10-19-20(14-17)25-23-18(13-16-6-2-3-7-21(16)30-23)24(26-19)12-11-15-5-1-4-8-22(15)31-24/h1-10,14,18,26H,11-13H2. The molecule has 3 aliphatic rings. The number of nitro groups is 1. The predicted molar refractivity (Wildman–Crippen MR) is 116 cm³/mol. The van der Waals surface area contributed by atoms with Gasteiger partial charge in [-0.3, -0.25) is 10.1 Å². The van der Waals surface area contributed by atoms with Crippen LogP contribution < -0.4 is 14.8 Å². The van der Waals surface area contributed by atoms with E-state index in [1.165, 1.54) is 17.7 Å². The summed E-state index contributed by atoms with van der Waals surface area (Å²) in [5.74, 6) is 1.93. The topological polar surface area (TPSA) is 86.0 Å². The number of ether oxygens (including phenoxy) is 2. The number of rotatable bonds is 1. The monoisotopic (exact) mass is 413 g/mol. The highest BCUT2D eigenvalue weighted by Gasteiger charge is 2.50. The van der Waals surface area contributed by atoms with Gasteiger partial charge in [-0.1, -0.05) is 36.4 Å². The third-order valence-corrected chi connectivity index (χ3v) is 6.27. The van der Waals surface area contributed by atoms with Gasteiger partial charge in [0.25, 0.3) is 5.69 Å². The lowest BCUT2D eigenvalue weighted by Gasteiger charge is -2.45. The lowest BCUT2D eigenvalue weighted by atomic mass is 9.81. The third-order valence-electron chi connectivity index (χ3n) is 6.27. The summed E-state index contributed by atoms with van der Waals surface area (Å²) < 4.78 is 12.9. The second kappa shape index (κ2) is 6.57. The maximum absolute atomic E-state index is 11.3. The average molecular weight is 413 g/mol. The Morgan fingerprint density at radius 2 is 1.81 bits per heavy atom. The number of hydrogen-bond acceptors (Lipinski definition) is 6. The molecule has 3 aromatic rings. The minimum atomic E-state index is -0.776. The first kappa shape index (κ1) is 17.9. The van der Waals surface area contributed by atoms with Crippen molar-refractivity contribution >= 4 is 23.0 Å². The van der Waals surface area contributed by atoms with Crippen molar-refractivity contribution in [2.75, 3.05) is 5.32 Å². The number of hydrogen-bond donors (Lipinski definition) is 1. The molecule has 1 N–H and O–H groups in total. The summed E-state index contributed by atoms with van der Waals surface area (Å²) in [5, 5.41) is 14.9. The SMILES string of the molecule is O=[N+]([O-])c1ccc2c(c1)N=C1Oc3ccccc3CC1C1(CCc3ccccc3O1)N2. The van der Waals surface area contributed by atoms with Crippen LogP contribution in [0.25, 0.3) is 0 Å². The molecule has 0 amide bonds. The number of nitrogens with one attached hydrogen (secondary N) is 1. The fourth-order valence-electron chi connectivity index (χ4n) is 4.70. The third kappa shape index (κ3) is 2.84. The Bertz CT molecular complexity index is 1260. The van der Waals surface area contributed by atoms with E-state index >= 15 is 0 Å². The van der Waals surface area contributed by atoms with Gasteiger partial charge >= 0.3 is 0 Å². The van der Waals surface area contributed by atoms with E-state index in [-0.39, 0.29) is 11.6 Å². The van der Waals surface area contributed by atoms with Crippen molar-refractivity contribution in [3.05, 3.63) is 88.0 Å². The Hall–Kier alpha value is -3.87. The van der Waals surface area contributed by atoms with Crippen LogP contribution in [0.3, 0.4) is 0 Å². The summed E-state index contributed by atoms with van der Waals surface area (Å²) in [7, 11) is 0. The maximum atomic E-state index is 11.3. The van der Waals surface area contributed by atoms with E-state index in [0.717, 1.165) is 29.9 Å². The van der Waals surface area contributed by atoms with Crippen molar-refractivity contribution in [2.45, 2.75) is 25.0 Å². The van der Waals surface area contributed by atoms with E-state index in [1.807, 2.05) is 36.4 Å². The highest BCUT2D eigenvalue weighted by molar-refractivity contribution is 5.91. The molecule has 0 saturated carbocycles. The Morgan fingerprint density at radius 1 is 1.03 bits per heavy atom. The summed E-state index contributed by atoms with van der Waals surface area (Å²) in [5.41, 5.74) is 2.64. The molecule has 7 heteroatoms.